The van der Waals surface area contributed by atoms with E-state index in [0.29, 0.717) is 19.4 Å². The molecule has 0 unspecified atom stereocenters. The Morgan fingerprint density at radius 1 is 1.36 bits per heavy atom. The van der Waals surface area contributed by atoms with Gasteiger partial charge in [0, 0.05) is 30.7 Å². The summed E-state index contributed by atoms with van der Waals surface area (Å²) in [6, 6.07) is 7.68. The van der Waals surface area contributed by atoms with Crippen LogP contribution in [0.2, 0.25) is 0 Å². The molecular formula is C18H22N4O3. The zero-order valence-electron chi connectivity index (χ0n) is 14.0. The minimum Gasteiger partial charge on any atom is -0.481 e. The molecule has 7 nitrogen and oxygen atoms in total. The molecule has 0 bridgehead atoms. The lowest BCUT2D eigenvalue weighted by Crippen LogP contribution is -2.64. The van der Waals surface area contributed by atoms with Crippen molar-refractivity contribution >= 4 is 22.8 Å². The maximum atomic E-state index is 12.7. The van der Waals surface area contributed by atoms with Crippen molar-refractivity contribution in [2.45, 2.75) is 31.8 Å². The van der Waals surface area contributed by atoms with Crippen LogP contribution in [0.15, 0.2) is 30.5 Å². The Balaban J connectivity index is 1.51. The van der Waals surface area contributed by atoms with Crippen molar-refractivity contribution in [1.29, 1.82) is 0 Å². The number of carboxylic acids is 1. The Hall–Kier alpha value is -2.41. The average Bonchev–Trinajstić information content (AvgIpc) is 3.03. The molecule has 2 atom stereocenters. The van der Waals surface area contributed by atoms with Gasteiger partial charge in [-0.3, -0.25) is 14.3 Å². The number of piperidine rings is 2. The summed E-state index contributed by atoms with van der Waals surface area (Å²) >= 11 is 0. The number of amides is 1. The van der Waals surface area contributed by atoms with E-state index in [4.69, 9.17) is 0 Å². The van der Waals surface area contributed by atoms with E-state index in [1.54, 1.807) is 9.58 Å². The summed E-state index contributed by atoms with van der Waals surface area (Å²) in [5.74, 6) is -0.871. The topological polar surface area (TPSA) is 87.5 Å². The van der Waals surface area contributed by atoms with Gasteiger partial charge >= 0.3 is 5.97 Å². The smallest absolute Gasteiger partial charge is 0.313 e. The summed E-state index contributed by atoms with van der Waals surface area (Å²) < 4.78 is 1.64. The molecule has 2 aliphatic heterocycles. The minimum absolute atomic E-state index is 0.0462. The minimum atomic E-state index is -0.860. The Bertz CT molecular complexity index is 785. The lowest BCUT2D eigenvalue weighted by molar-refractivity contribution is -0.159. The number of carbonyl (C=O) groups is 2. The molecule has 2 fully saturated rings. The standard InChI is InChI=1S/C18H22N4O3/c23-16(11-22-10-13-4-1-2-5-14(13)20-22)21-9-6-15-18(12-21,17(24)25)7-3-8-19-15/h1-2,4-5,10,15,19H,3,6-9,11-12H2,(H,24,25)/t15-,18+/m0/s1. The Kier molecular flexibility index (Phi) is 3.95. The number of carboxylic acid groups (broad SMARTS) is 1. The largest absolute Gasteiger partial charge is 0.481 e. The van der Waals surface area contributed by atoms with E-state index in [1.165, 1.54) is 0 Å². The molecule has 2 saturated heterocycles. The maximum Gasteiger partial charge on any atom is 0.313 e. The van der Waals surface area contributed by atoms with Crippen LogP contribution in [-0.4, -0.2) is 57.3 Å². The van der Waals surface area contributed by atoms with Crippen molar-refractivity contribution in [1.82, 2.24) is 20.0 Å². The van der Waals surface area contributed by atoms with Gasteiger partial charge in [-0.2, -0.15) is 5.10 Å². The molecule has 2 aliphatic rings. The van der Waals surface area contributed by atoms with Crippen LogP contribution < -0.4 is 5.32 Å². The van der Waals surface area contributed by atoms with Gasteiger partial charge in [0.1, 0.15) is 12.0 Å². The second-order valence-corrected chi connectivity index (χ2v) is 7.06. The number of likely N-dealkylation sites (tertiary alicyclic amines) is 1. The summed E-state index contributed by atoms with van der Waals surface area (Å²) in [5, 5.41) is 18.6. The van der Waals surface area contributed by atoms with Crippen LogP contribution in [0.1, 0.15) is 19.3 Å². The van der Waals surface area contributed by atoms with E-state index in [1.807, 2.05) is 30.5 Å². The average molecular weight is 342 g/mol. The third-order valence-corrected chi connectivity index (χ3v) is 5.56. The molecule has 4 rings (SSSR count). The zero-order valence-corrected chi connectivity index (χ0v) is 14.0. The SMILES string of the molecule is O=C(Cn1cc2ccccc2n1)N1CC[C@@H]2NCCC[C@@]2(C(=O)O)C1. The Morgan fingerprint density at radius 2 is 2.20 bits per heavy atom. The number of nitrogens with one attached hydrogen (secondary N) is 1. The molecular weight excluding hydrogens is 320 g/mol. The number of benzene rings is 1. The van der Waals surface area contributed by atoms with Crippen LogP contribution >= 0.6 is 0 Å². The van der Waals surface area contributed by atoms with E-state index in [2.05, 4.69) is 10.4 Å². The van der Waals surface area contributed by atoms with Crippen molar-refractivity contribution in [3.63, 3.8) is 0 Å². The third kappa shape index (κ3) is 2.78. The fourth-order valence-electron chi connectivity index (χ4n) is 4.19. The molecule has 1 aromatic carbocycles. The first-order valence-corrected chi connectivity index (χ1v) is 8.75. The molecule has 132 valence electrons. The van der Waals surface area contributed by atoms with E-state index < -0.39 is 11.4 Å². The van der Waals surface area contributed by atoms with Crippen LogP contribution in [0.4, 0.5) is 0 Å². The van der Waals surface area contributed by atoms with Crippen molar-refractivity contribution < 1.29 is 14.7 Å². The second-order valence-electron chi connectivity index (χ2n) is 7.06. The van der Waals surface area contributed by atoms with Crippen LogP contribution in [0.3, 0.4) is 0 Å². The van der Waals surface area contributed by atoms with Gasteiger partial charge in [0.2, 0.25) is 5.91 Å². The van der Waals surface area contributed by atoms with Crippen LogP contribution in [0, 0.1) is 5.41 Å². The van der Waals surface area contributed by atoms with Crippen molar-refractivity contribution in [3.05, 3.63) is 30.5 Å². The van der Waals surface area contributed by atoms with E-state index in [0.717, 1.165) is 23.9 Å². The molecule has 3 heterocycles. The van der Waals surface area contributed by atoms with E-state index >= 15 is 0 Å². The highest BCUT2D eigenvalue weighted by atomic mass is 16.4. The number of rotatable bonds is 3. The van der Waals surface area contributed by atoms with Gasteiger partial charge < -0.3 is 15.3 Å². The van der Waals surface area contributed by atoms with Crippen LogP contribution in [-0.2, 0) is 16.1 Å². The Morgan fingerprint density at radius 3 is 3.00 bits per heavy atom. The lowest BCUT2D eigenvalue weighted by atomic mass is 9.70. The molecule has 1 aromatic heterocycles. The number of aliphatic carboxylic acids is 1. The molecule has 0 radical (unpaired) electrons. The van der Waals surface area contributed by atoms with Gasteiger partial charge in [0.05, 0.1) is 5.52 Å². The predicted octanol–water partition coefficient (Wildman–Crippen LogP) is 1.09. The fourth-order valence-corrected chi connectivity index (χ4v) is 4.19. The first-order valence-electron chi connectivity index (χ1n) is 8.75. The third-order valence-electron chi connectivity index (χ3n) is 5.56. The van der Waals surface area contributed by atoms with Crippen molar-refractivity contribution in [2.75, 3.05) is 19.6 Å². The molecule has 2 N–H and O–H groups in total. The fraction of sp³-hybridized carbons (Fsp3) is 0.500. The first kappa shape index (κ1) is 16.1. The molecule has 0 aliphatic carbocycles. The summed E-state index contributed by atoms with van der Waals surface area (Å²) in [4.78, 5) is 26.4. The molecule has 0 spiro atoms. The van der Waals surface area contributed by atoms with Gasteiger partial charge in [-0.05, 0) is 31.9 Å². The highest BCUT2D eigenvalue weighted by molar-refractivity contribution is 5.82. The van der Waals surface area contributed by atoms with E-state index in [9.17, 15) is 14.7 Å². The highest BCUT2D eigenvalue weighted by Crippen LogP contribution is 2.37. The molecule has 7 heteroatoms. The van der Waals surface area contributed by atoms with Gasteiger partial charge in [0.25, 0.3) is 0 Å². The highest BCUT2D eigenvalue weighted by Gasteiger charge is 2.51. The monoisotopic (exact) mass is 342 g/mol. The normalized spacial score (nSPS) is 26.4. The van der Waals surface area contributed by atoms with Crippen LogP contribution in [0.5, 0.6) is 0 Å². The summed E-state index contributed by atoms with van der Waals surface area (Å²) in [5.41, 5.74) is -0.00597. The summed E-state index contributed by atoms with van der Waals surface area (Å²) in [6.07, 6.45) is 3.99. The van der Waals surface area contributed by atoms with Gasteiger partial charge in [-0.1, -0.05) is 18.2 Å². The quantitative estimate of drug-likeness (QED) is 0.872. The molecule has 1 amide bonds. The molecule has 0 saturated carbocycles. The molecule has 2 aromatic rings. The van der Waals surface area contributed by atoms with Gasteiger partial charge in [-0.25, -0.2) is 0 Å². The number of aromatic nitrogens is 2. The number of hydrogen-bond donors (Lipinski definition) is 2. The van der Waals surface area contributed by atoms with Crippen molar-refractivity contribution in [2.24, 2.45) is 5.41 Å². The van der Waals surface area contributed by atoms with Gasteiger partial charge in [-0.15, -0.1) is 0 Å². The summed E-state index contributed by atoms with van der Waals surface area (Å²) in [6.45, 7) is 1.86. The number of nitrogens with zero attached hydrogens (tertiary/aromatic N) is 3. The second kappa shape index (κ2) is 6.15. The number of carbonyl (C=O) groups excluding carboxylic acids is 1. The zero-order chi connectivity index (χ0) is 17.4. The lowest BCUT2D eigenvalue weighted by Gasteiger charge is -2.48. The summed E-state index contributed by atoms with van der Waals surface area (Å²) in [7, 11) is 0. The van der Waals surface area contributed by atoms with Crippen LogP contribution in [0.25, 0.3) is 10.9 Å². The first-order chi connectivity index (χ1) is 12.1. The van der Waals surface area contributed by atoms with Gasteiger partial charge in [0.15, 0.2) is 0 Å². The number of hydrogen-bond acceptors (Lipinski definition) is 4. The predicted molar refractivity (Wildman–Crippen MR) is 92.0 cm³/mol. The Labute approximate surface area is 145 Å². The van der Waals surface area contributed by atoms with E-state index in [-0.39, 0.29) is 25.0 Å². The maximum absolute atomic E-state index is 12.7. The van der Waals surface area contributed by atoms with Crippen molar-refractivity contribution in [3.8, 4) is 0 Å². The number of fused-ring (bicyclic) bond motifs is 2. The molecule has 25 heavy (non-hydrogen) atoms.